The first kappa shape index (κ1) is 17.8. The highest BCUT2D eigenvalue weighted by Gasteiger charge is 2.17. The van der Waals surface area contributed by atoms with E-state index in [2.05, 4.69) is 0 Å². The summed E-state index contributed by atoms with van der Waals surface area (Å²) in [5.41, 5.74) is 8.48. The highest BCUT2D eigenvalue weighted by atomic mass is 16.5. The molecule has 0 heterocycles. The Kier molecular flexibility index (Phi) is 6.63. The zero-order valence-electron chi connectivity index (χ0n) is 13.8. The summed E-state index contributed by atoms with van der Waals surface area (Å²) in [6, 6.07) is 15.2. The Morgan fingerprint density at radius 1 is 1.08 bits per heavy atom. The molecular weight excluding hydrogens is 306 g/mol. The highest BCUT2D eigenvalue weighted by molar-refractivity contribution is 5.72. The monoisotopic (exact) mass is 329 g/mol. The van der Waals surface area contributed by atoms with Crippen molar-refractivity contribution >= 4 is 11.7 Å². The van der Waals surface area contributed by atoms with E-state index in [9.17, 15) is 4.79 Å². The van der Waals surface area contributed by atoms with Gasteiger partial charge in [0.15, 0.2) is 6.10 Å². The molecule has 24 heavy (non-hydrogen) atoms. The number of carbonyl (C=O) groups is 1. The first-order valence-corrected chi connectivity index (χ1v) is 7.99. The third-order valence-electron chi connectivity index (χ3n) is 3.63. The second-order valence-electron chi connectivity index (χ2n) is 5.47. The van der Waals surface area contributed by atoms with E-state index in [0.29, 0.717) is 19.6 Å². The Bertz CT molecular complexity index is 637. The summed E-state index contributed by atoms with van der Waals surface area (Å²) in [7, 11) is 0. The molecule has 0 spiro atoms. The van der Waals surface area contributed by atoms with E-state index >= 15 is 0 Å². The zero-order valence-corrected chi connectivity index (χ0v) is 13.8. The largest absolute Gasteiger partial charge is 0.493 e. The summed E-state index contributed by atoms with van der Waals surface area (Å²) in [5.74, 6) is -0.182. The van der Waals surface area contributed by atoms with Crippen LogP contribution in [-0.4, -0.2) is 30.4 Å². The van der Waals surface area contributed by atoms with Crippen LogP contribution in [0.3, 0.4) is 0 Å². The standard InChI is InChI=1S/C19H23NO4/c1-2-23-18(19(21)22)13-15-5-9-17(10-6-15)24-12-11-14-3-7-16(20)8-4-14/h3-10,18H,2,11-13,20H2,1H3,(H,21,22). The molecule has 0 radical (unpaired) electrons. The maximum atomic E-state index is 11.1. The Hall–Kier alpha value is -2.53. The summed E-state index contributed by atoms with van der Waals surface area (Å²) in [6.45, 7) is 2.73. The van der Waals surface area contributed by atoms with Gasteiger partial charge in [-0.3, -0.25) is 0 Å². The molecule has 3 N–H and O–H groups in total. The Morgan fingerprint density at radius 3 is 2.29 bits per heavy atom. The van der Waals surface area contributed by atoms with Crippen molar-refractivity contribution in [2.24, 2.45) is 0 Å². The number of benzene rings is 2. The fraction of sp³-hybridized carbons (Fsp3) is 0.316. The van der Waals surface area contributed by atoms with E-state index in [0.717, 1.165) is 23.4 Å². The number of aliphatic carboxylic acids is 1. The number of hydrogen-bond acceptors (Lipinski definition) is 4. The van der Waals surface area contributed by atoms with Crippen LogP contribution in [0.5, 0.6) is 5.75 Å². The molecule has 0 aliphatic rings. The molecule has 0 fully saturated rings. The van der Waals surface area contributed by atoms with Gasteiger partial charge in [0.25, 0.3) is 0 Å². The van der Waals surface area contributed by atoms with Crippen molar-refractivity contribution in [3.8, 4) is 5.75 Å². The lowest BCUT2D eigenvalue weighted by Gasteiger charge is -2.13. The van der Waals surface area contributed by atoms with Gasteiger partial charge in [0, 0.05) is 25.1 Å². The van der Waals surface area contributed by atoms with Crippen LogP contribution in [-0.2, 0) is 22.4 Å². The molecule has 0 aliphatic carbocycles. The van der Waals surface area contributed by atoms with Crippen molar-refractivity contribution in [2.45, 2.75) is 25.9 Å². The second kappa shape index (κ2) is 8.93. The van der Waals surface area contributed by atoms with Gasteiger partial charge in [-0.2, -0.15) is 0 Å². The van der Waals surface area contributed by atoms with Crippen LogP contribution < -0.4 is 10.5 Å². The van der Waals surface area contributed by atoms with Gasteiger partial charge < -0.3 is 20.3 Å². The molecule has 5 heteroatoms. The molecule has 2 aromatic carbocycles. The predicted octanol–water partition coefficient (Wildman–Crippen LogP) is 2.92. The summed E-state index contributed by atoms with van der Waals surface area (Å²) < 4.78 is 10.9. The molecule has 2 aromatic rings. The van der Waals surface area contributed by atoms with E-state index in [1.807, 2.05) is 48.5 Å². The minimum absolute atomic E-state index is 0.342. The SMILES string of the molecule is CCOC(Cc1ccc(OCCc2ccc(N)cc2)cc1)C(=O)O. The topological polar surface area (TPSA) is 81.8 Å². The number of carboxylic acids is 1. The zero-order chi connectivity index (χ0) is 17.4. The van der Waals surface area contributed by atoms with E-state index in [4.69, 9.17) is 20.3 Å². The highest BCUT2D eigenvalue weighted by Crippen LogP contribution is 2.15. The number of rotatable bonds is 9. The van der Waals surface area contributed by atoms with Gasteiger partial charge in [-0.25, -0.2) is 4.79 Å². The van der Waals surface area contributed by atoms with Crippen molar-refractivity contribution < 1.29 is 19.4 Å². The minimum Gasteiger partial charge on any atom is -0.493 e. The van der Waals surface area contributed by atoms with E-state index in [-0.39, 0.29) is 0 Å². The van der Waals surface area contributed by atoms with Crippen LogP contribution in [0.25, 0.3) is 0 Å². The summed E-state index contributed by atoms with van der Waals surface area (Å²) in [5, 5.41) is 9.10. The third kappa shape index (κ3) is 5.59. The van der Waals surface area contributed by atoms with Crippen molar-refractivity contribution in [2.75, 3.05) is 18.9 Å². The number of hydrogen-bond donors (Lipinski definition) is 2. The molecule has 0 saturated carbocycles. The molecule has 0 aromatic heterocycles. The minimum atomic E-state index is -0.944. The maximum Gasteiger partial charge on any atom is 0.333 e. The predicted molar refractivity (Wildman–Crippen MR) is 93.2 cm³/mol. The molecule has 2 rings (SSSR count). The van der Waals surface area contributed by atoms with Crippen LogP contribution in [0.1, 0.15) is 18.1 Å². The number of nitrogen functional groups attached to an aromatic ring is 1. The fourth-order valence-corrected chi connectivity index (χ4v) is 2.33. The first-order chi connectivity index (χ1) is 11.6. The van der Waals surface area contributed by atoms with Crippen LogP contribution in [0.15, 0.2) is 48.5 Å². The average Bonchev–Trinajstić information content (AvgIpc) is 2.57. The van der Waals surface area contributed by atoms with Crippen LogP contribution in [0.4, 0.5) is 5.69 Å². The van der Waals surface area contributed by atoms with Crippen molar-refractivity contribution in [1.29, 1.82) is 0 Å². The molecule has 0 amide bonds. The lowest BCUT2D eigenvalue weighted by Crippen LogP contribution is -2.26. The van der Waals surface area contributed by atoms with Crippen molar-refractivity contribution in [1.82, 2.24) is 0 Å². The normalized spacial score (nSPS) is 11.9. The fourth-order valence-electron chi connectivity index (χ4n) is 2.33. The third-order valence-corrected chi connectivity index (χ3v) is 3.63. The lowest BCUT2D eigenvalue weighted by molar-refractivity contribution is -0.149. The van der Waals surface area contributed by atoms with Gasteiger partial charge in [0.2, 0.25) is 0 Å². The average molecular weight is 329 g/mol. The lowest BCUT2D eigenvalue weighted by atomic mass is 10.1. The molecule has 0 saturated heterocycles. The van der Waals surface area contributed by atoms with Gasteiger partial charge in [0.1, 0.15) is 5.75 Å². The molecular formula is C19H23NO4. The van der Waals surface area contributed by atoms with Gasteiger partial charge in [-0.1, -0.05) is 24.3 Å². The van der Waals surface area contributed by atoms with E-state index in [1.54, 1.807) is 6.92 Å². The van der Waals surface area contributed by atoms with Crippen molar-refractivity contribution in [3.05, 3.63) is 59.7 Å². The first-order valence-electron chi connectivity index (χ1n) is 7.99. The van der Waals surface area contributed by atoms with Gasteiger partial charge >= 0.3 is 5.97 Å². The van der Waals surface area contributed by atoms with Crippen LogP contribution >= 0.6 is 0 Å². The molecule has 5 nitrogen and oxygen atoms in total. The van der Waals surface area contributed by atoms with Gasteiger partial charge in [-0.15, -0.1) is 0 Å². The molecule has 0 aliphatic heterocycles. The molecule has 0 bridgehead atoms. The summed E-state index contributed by atoms with van der Waals surface area (Å²) >= 11 is 0. The van der Waals surface area contributed by atoms with Crippen LogP contribution in [0.2, 0.25) is 0 Å². The number of nitrogens with two attached hydrogens (primary N) is 1. The summed E-state index contributed by atoms with van der Waals surface area (Å²) in [6.07, 6.45) is 0.329. The second-order valence-corrected chi connectivity index (χ2v) is 5.47. The smallest absolute Gasteiger partial charge is 0.333 e. The Labute approximate surface area is 142 Å². The van der Waals surface area contributed by atoms with Crippen molar-refractivity contribution in [3.63, 3.8) is 0 Å². The molecule has 128 valence electrons. The van der Waals surface area contributed by atoms with E-state index < -0.39 is 12.1 Å². The molecule has 1 atom stereocenters. The number of anilines is 1. The Morgan fingerprint density at radius 2 is 1.71 bits per heavy atom. The quantitative estimate of drug-likeness (QED) is 0.691. The number of carboxylic acid groups (broad SMARTS) is 1. The summed E-state index contributed by atoms with van der Waals surface area (Å²) in [4.78, 5) is 11.1. The van der Waals surface area contributed by atoms with Gasteiger partial charge in [0.05, 0.1) is 6.61 Å². The van der Waals surface area contributed by atoms with Gasteiger partial charge in [-0.05, 0) is 42.3 Å². The Balaban J connectivity index is 1.83. The van der Waals surface area contributed by atoms with Crippen LogP contribution in [0, 0.1) is 0 Å². The molecule has 1 unspecified atom stereocenters. The number of ether oxygens (including phenoxy) is 2. The maximum absolute atomic E-state index is 11.1. The van der Waals surface area contributed by atoms with E-state index in [1.165, 1.54) is 5.56 Å².